The first-order valence-electron chi connectivity index (χ1n) is 7.87. The standard InChI is InChI=1S/C15H28N4O2/c1-12(2)18-13(20)4-7-17-14(16-3)19-8-5-15(10-19)6-9-21-11-15/h12H,4-11H2,1-3H3,(H,16,17)(H,18,20). The van der Waals surface area contributed by atoms with Crippen molar-refractivity contribution in [3.63, 3.8) is 0 Å². The molecule has 1 spiro atoms. The molecule has 0 aromatic carbocycles. The highest BCUT2D eigenvalue weighted by molar-refractivity contribution is 5.81. The van der Waals surface area contributed by atoms with Gasteiger partial charge in [0.2, 0.25) is 5.91 Å². The highest BCUT2D eigenvalue weighted by atomic mass is 16.5. The second kappa shape index (κ2) is 7.11. The van der Waals surface area contributed by atoms with E-state index in [0.717, 1.165) is 38.7 Å². The Morgan fingerprint density at radius 1 is 1.43 bits per heavy atom. The monoisotopic (exact) mass is 296 g/mol. The van der Waals surface area contributed by atoms with Gasteiger partial charge in [0.15, 0.2) is 5.96 Å². The number of hydrogen-bond acceptors (Lipinski definition) is 3. The number of hydrogen-bond donors (Lipinski definition) is 2. The van der Waals surface area contributed by atoms with Crippen LogP contribution in [0.5, 0.6) is 0 Å². The molecule has 6 nitrogen and oxygen atoms in total. The van der Waals surface area contributed by atoms with Gasteiger partial charge in [0, 0.05) is 51.2 Å². The molecule has 2 fully saturated rings. The van der Waals surface area contributed by atoms with Crippen LogP contribution in [0, 0.1) is 5.41 Å². The summed E-state index contributed by atoms with van der Waals surface area (Å²) >= 11 is 0. The molecule has 0 bridgehead atoms. The quantitative estimate of drug-likeness (QED) is 0.588. The van der Waals surface area contributed by atoms with Crippen LogP contribution >= 0.6 is 0 Å². The van der Waals surface area contributed by atoms with Crippen molar-refractivity contribution in [3.8, 4) is 0 Å². The Hall–Kier alpha value is -1.30. The first-order chi connectivity index (χ1) is 10.0. The predicted octanol–water partition coefficient (Wildman–Crippen LogP) is 0.589. The molecule has 2 rings (SSSR count). The Labute approximate surface area is 127 Å². The fourth-order valence-corrected chi connectivity index (χ4v) is 3.10. The molecule has 0 radical (unpaired) electrons. The second-order valence-electron chi connectivity index (χ2n) is 6.42. The Morgan fingerprint density at radius 2 is 2.24 bits per heavy atom. The van der Waals surface area contributed by atoms with Gasteiger partial charge in [0.1, 0.15) is 0 Å². The Kier molecular flexibility index (Phi) is 5.45. The SMILES string of the molecule is CN=C(NCCC(=O)NC(C)C)N1CCC2(CCOC2)C1. The molecule has 2 aliphatic rings. The van der Waals surface area contributed by atoms with E-state index in [0.29, 0.717) is 18.4 Å². The molecule has 21 heavy (non-hydrogen) atoms. The Bertz CT molecular complexity index is 389. The summed E-state index contributed by atoms with van der Waals surface area (Å²) in [5, 5.41) is 6.19. The van der Waals surface area contributed by atoms with E-state index in [-0.39, 0.29) is 11.9 Å². The average molecular weight is 296 g/mol. The fourth-order valence-electron chi connectivity index (χ4n) is 3.10. The molecule has 0 aliphatic carbocycles. The van der Waals surface area contributed by atoms with Gasteiger partial charge in [-0.2, -0.15) is 0 Å². The molecular weight excluding hydrogens is 268 g/mol. The van der Waals surface area contributed by atoms with Crippen LogP contribution in [-0.4, -0.2) is 62.7 Å². The van der Waals surface area contributed by atoms with E-state index in [1.807, 2.05) is 13.8 Å². The highest BCUT2D eigenvalue weighted by Crippen LogP contribution is 2.38. The largest absolute Gasteiger partial charge is 0.381 e. The van der Waals surface area contributed by atoms with Crippen molar-refractivity contribution >= 4 is 11.9 Å². The predicted molar refractivity (Wildman–Crippen MR) is 83.3 cm³/mol. The van der Waals surface area contributed by atoms with Gasteiger partial charge in [-0.15, -0.1) is 0 Å². The lowest BCUT2D eigenvalue weighted by molar-refractivity contribution is -0.121. The number of aliphatic imine (C=N–C) groups is 1. The first kappa shape index (κ1) is 16.1. The molecule has 2 heterocycles. The summed E-state index contributed by atoms with van der Waals surface area (Å²) in [5.41, 5.74) is 0.326. The third-order valence-corrected chi connectivity index (χ3v) is 4.22. The number of carbonyl (C=O) groups excluding carboxylic acids is 1. The summed E-state index contributed by atoms with van der Waals surface area (Å²) in [4.78, 5) is 18.3. The van der Waals surface area contributed by atoms with Crippen LogP contribution in [0.4, 0.5) is 0 Å². The van der Waals surface area contributed by atoms with Crippen molar-refractivity contribution < 1.29 is 9.53 Å². The van der Waals surface area contributed by atoms with Gasteiger partial charge < -0.3 is 20.3 Å². The number of guanidine groups is 1. The Morgan fingerprint density at radius 3 is 2.86 bits per heavy atom. The lowest BCUT2D eigenvalue weighted by Crippen LogP contribution is -2.43. The zero-order valence-electron chi connectivity index (χ0n) is 13.4. The average Bonchev–Trinajstić information content (AvgIpc) is 3.05. The molecule has 2 N–H and O–H groups in total. The zero-order chi connectivity index (χ0) is 15.3. The summed E-state index contributed by atoms with van der Waals surface area (Å²) in [6, 6.07) is 0.192. The molecule has 6 heteroatoms. The third-order valence-electron chi connectivity index (χ3n) is 4.22. The maximum atomic E-state index is 11.6. The maximum absolute atomic E-state index is 11.6. The van der Waals surface area contributed by atoms with Crippen LogP contribution in [0.15, 0.2) is 4.99 Å². The third kappa shape index (κ3) is 4.33. The minimum atomic E-state index is 0.0787. The molecular formula is C15H28N4O2. The molecule has 2 aliphatic heterocycles. The van der Waals surface area contributed by atoms with Gasteiger partial charge in [-0.05, 0) is 26.7 Å². The van der Waals surface area contributed by atoms with E-state index >= 15 is 0 Å². The molecule has 1 amide bonds. The van der Waals surface area contributed by atoms with Gasteiger partial charge in [-0.1, -0.05) is 0 Å². The lowest BCUT2D eigenvalue weighted by Gasteiger charge is -2.24. The van der Waals surface area contributed by atoms with Crippen LogP contribution in [-0.2, 0) is 9.53 Å². The number of carbonyl (C=O) groups is 1. The molecule has 1 atom stereocenters. The smallest absolute Gasteiger partial charge is 0.221 e. The molecule has 1 unspecified atom stereocenters. The topological polar surface area (TPSA) is 66.0 Å². The summed E-state index contributed by atoms with van der Waals surface area (Å²) in [6.07, 6.45) is 2.79. The fraction of sp³-hybridized carbons (Fsp3) is 0.867. The molecule has 120 valence electrons. The summed E-state index contributed by atoms with van der Waals surface area (Å²) in [7, 11) is 1.80. The van der Waals surface area contributed by atoms with E-state index < -0.39 is 0 Å². The lowest BCUT2D eigenvalue weighted by atomic mass is 9.87. The van der Waals surface area contributed by atoms with Crippen LogP contribution in [0.1, 0.15) is 33.1 Å². The first-order valence-corrected chi connectivity index (χ1v) is 7.87. The van der Waals surface area contributed by atoms with Crippen molar-refractivity contribution in [2.24, 2.45) is 10.4 Å². The van der Waals surface area contributed by atoms with E-state index in [2.05, 4.69) is 20.5 Å². The molecule has 0 aromatic heterocycles. The van der Waals surface area contributed by atoms with E-state index in [9.17, 15) is 4.79 Å². The van der Waals surface area contributed by atoms with Crippen molar-refractivity contribution in [2.75, 3.05) is 39.9 Å². The number of nitrogens with zero attached hydrogens (tertiary/aromatic N) is 2. The van der Waals surface area contributed by atoms with E-state index in [4.69, 9.17) is 4.74 Å². The van der Waals surface area contributed by atoms with Gasteiger partial charge in [-0.3, -0.25) is 9.79 Å². The van der Waals surface area contributed by atoms with Crippen LogP contribution in [0.2, 0.25) is 0 Å². The van der Waals surface area contributed by atoms with Crippen molar-refractivity contribution in [2.45, 2.75) is 39.2 Å². The van der Waals surface area contributed by atoms with E-state index in [1.165, 1.54) is 6.42 Å². The molecule has 2 saturated heterocycles. The van der Waals surface area contributed by atoms with Crippen LogP contribution < -0.4 is 10.6 Å². The number of ether oxygens (including phenoxy) is 1. The Balaban J connectivity index is 1.75. The normalized spacial score (nSPS) is 25.9. The number of nitrogens with one attached hydrogen (secondary N) is 2. The van der Waals surface area contributed by atoms with Gasteiger partial charge in [0.05, 0.1) is 6.61 Å². The van der Waals surface area contributed by atoms with E-state index in [1.54, 1.807) is 7.05 Å². The maximum Gasteiger partial charge on any atom is 0.221 e. The minimum Gasteiger partial charge on any atom is -0.381 e. The van der Waals surface area contributed by atoms with Gasteiger partial charge in [0.25, 0.3) is 0 Å². The van der Waals surface area contributed by atoms with Crippen LogP contribution in [0.3, 0.4) is 0 Å². The summed E-state index contributed by atoms with van der Waals surface area (Å²) in [5.74, 6) is 0.978. The number of rotatable bonds is 4. The summed E-state index contributed by atoms with van der Waals surface area (Å²) < 4.78 is 5.55. The number of amides is 1. The van der Waals surface area contributed by atoms with Crippen molar-refractivity contribution in [1.29, 1.82) is 0 Å². The van der Waals surface area contributed by atoms with Crippen molar-refractivity contribution in [1.82, 2.24) is 15.5 Å². The highest BCUT2D eigenvalue weighted by Gasteiger charge is 2.42. The number of likely N-dealkylation sites (tertiary alicyclic amines) is 1. The zero-order valence-corrected chi connectivity index (χ0v) is 13.4. The molecule has 0 saturated carbocycles. The van der Waals surface area contributed by atoms with Gasteiger partial charge in [-0.25, -0.2) is 0 Å². The molecule has 0 aromatic rings. The second-order valence-corrected chi connectivity index (χ2v) is 6.42. The van der Waals surface area contributed by atoms with Crippen molar-refractivity contribution in [3.05, 3.63) is 0 Å². The summed E-state index contributed by atoms with van der Waals surface area (Å²) in [6.45, 7) is 8.33. The van der Waals surface area contributed by atoms with Crippen LogP contribution in [0.25, 0.3) is 0 Å². The minimum absolute atomic E-state index is 0.0787. The van der Waals surface area contributed by atoms with Gasteiger partial charge >= 0.3 is 0 Å².